The summed E-state index contributed by atoms with van der Waals surface area (Å²) in [5.74, 6) is 1.56. The number of rotatable bonds is 11. The molecule has 0 saturated heterocycles. The second-order valence-electron chi connectivity index (χ2n) is 5.73. The number of unbranched alkanes of at least 4 members (excludes halogenated alkanes) is 3. The molecule has 0 fully saturated rings. The maximum atomic E-state index is 6.43. The van der Waals surface area contributed by atoms with E-state index >= 15 is 0 Å². The van der Waals surface area contributed by atoms with Crippen molar-refractivity contribution in [1.29, 1.82) is 0 Å². The van der Waals surface area contributed by atoms with Gasteiger partial charge in [-0.25, -0.2) is 0 Å². The molecule has 3 unspecified atom stereocenters. The predicted octanol–water partition coefficient (Wildman–Crippen LogP) is 5.14. The maximum absolute atomic E-state index is 6.43. The molecule has 2 N–H and O–H groups in total. The standard InChI is InChI=1S/C16H35N/c1-5-8-10-13-16(17)15(12-9-6-2)14(4)11-7-3/h14-16H,5-13,17H2,1-4H3. The minimum atomic E-state index is 0.439. The van der Waals surface area contributed by atoms with Gasteiger partial charge in [0, 0.05) is 6.04 Å². The Morgan fingerprint density at radius 3 is 1.94 bits per heavy atom. The molecule has 0 amide bonds. The Balaban J connectivity index is 4.12. The van der Waals surface area contributed by atoms with Crippen molar-refractivity contribution >= 4 is 0 Å². The van der Waals surface area contributed by atoms with Crippen LogP contribution in [0.3, 0.4) is 0 Å². The van der Waals surface area contributed by atoms with E-state index < -0.39 is 0 Å². The fourth-order valence-corrected chi connectivity index (χ4v) is 2.87. The molecule has 0 aromatic carbocycles. The molecular formula is C16H35N. The van der Waals surface area contributed by atoms with Crippen molar-refractivity contribution in [2.45, 2.75) is 91.5 Å². The Labute approximate surface area is 110 Å². The average molecular weight is 241 g/mol. The molecule has 0 radical (unpaired) electrons. The molecule has 0 aliphatic heterocycles. The van der Waals surface area contributed by atoms with E-state index in [-0.39, 0.29) is 0 Å². The third-order valence-corrected chi connectivity index (χ3v) is 4.06. The molecular weight excluding hydrogens is 206 g/mol. The summed E-state index contributed by atoms with van der Waals surface area (Å²) < 4.78 is 0. The van der Waals surface area contributed by atoms with Gasteiger partial charge in [0.2, 0.25) is 0 Å². The van der Waals surface area contributed by atoms with Crippen molar-refractivity contribution in [3.63, 3.8) is 0 Å². The second kappa shape index (κ2) is 11.1. The van der Waals surface area contributed by atoms with Crippen molar-refractivity contribution in [2.24, 2.45) is 17.6 Å². The van der Waals surface area contributed by atoms with Gasteiger partial charge in [-0.1, -0.05) is 72.6 Å². The monoisotopic (exact) mass is 241 g/mol. The molecule has 0 saturated carbocycles. The highest BCUT2D eigenvalue weighted by atomic mass is 14.7. The van der Waals surface area contributed by atoms with Gasteiger partial charge in [-0.15, -0.1) is 0 Å². The third-order valence-electron chi connectivity index (χ3n) is 4.06. The van der Waals surface area contributed by atoms with Crippen molar-refractivity contribution in [3.8, 4) is 0 Å². The highest BCUT2D eigenvalue weighted by molar-refractivity contribution is 4.77. The number of nitrogens with two attached hydrogens (primary N) is 1. The molecule has 1 nitrogen and oxygen atoms in total. The first-order valence-electron chi connectivity index (χ1n) is 7.92. The van der Waals surface area contributed by atoms with Crippen LogP contribution in [0.1, 0.15) is 85.5 Å². The molecule has 0 heterocycles. The lowest BCUT2D eigenvalue weighted by atomic mass is 9.79. The first-order valence-corrected chi connectivity index (χ1v) is 7.92. The Hall–Kier alpha value is -0.0400. The van der Waals surface area contributed by atoms with Gasteiger partial charge in [0.05, 0.1) is 0 Å². The van der Waals surface area contributed by atoms with Crippen LogP contribution in [0, 0.1) is 11.8 Å². The lowest BCUT2D eigenvalue weighted by molar-refractivity contribution is 0.248. The molecule has 0 aromatic heterocycles. The quantitative estimate of drug-likeness (QED) is 0.498. The van der Waals surface area contributed by atoms with Gasteiger partial charge in [0.25, 0.3) is 0 Å². The molecule has 3 atom stereocenters. The SMILES string of the molecule is CCCCCC(N)C(CCCC)C(C)CCC. The van der Waals surface area contributed by atoms with Crippen LogP contribution in [0.4, 0.5) is 0 Å². The van der Waals surface area contributed by atoms with Crippen LogP contribution in [0.5, 0.6) is 0 Å². The lowest BCUT2D eigenvalue weighted by Gasteiger charge is -2.29. The minimum Gasteiger partial charge on any atom is -0.327 e. The summed E-state index contributed by atoms with van der Waals surface area (Å²) in [6.07, 6.45) is 11.8. The summed E-state index contributed by atoms with van der Waals surface area (Å²) in [7, 11) is 0. The third kappa shape index (κ3) is 7.81. The molecule has 0 aromatic rings. The molecule has 1 heteroatoms. The Bertz CT molecular complexity index is 156. The van der Waals surface area contributed by atoms with Gasteiger partial charge in [-0.05, 0) is 24.7 Å². The zero-order valence-corrected chi connectivity index (χ0v) is 12.7. The smallest absolute Gasteiger partial charge is 0.00697 e. The number of hydrogen-bond donors (Lipinski definition) is 1. The van der Waals surface area contributed by atoms with Crippen LogP contribution in [-0.2, 0) is 0 Å². The number of hydrogen-bond acceptors (Lipinski definition) is 1. The highest BCUT2D eigenvalue weighted by Crippen LogP contribution is 2.27. The Morgan fingerprint density at radius 2 is 1.41 bits per heavy atom. The highest BCUT2D eigenvalue weighted by Gasteiger charge is 2.22. The largest absolute Gasteiger partial charge is 0.327 e. The summed E-state index contributed by atoms with van der Waals surface area (Å²) in [5, 5.41) is 0. The van der Waals surface area contributed by atoms with Crippen LogP contribution >= 0.6 is 0 Å². The summed E-state index contributed by atoms with van der Waals surface area (Å²) in [4.78, 5) is 0. The summed E-state index contributed by atoms with van der Waals surface area (Å²) in [5.41, 5.74) is 6.43. The van der Waals surface area contributed by atoms with Crippen LogP contribution in [0.2, 0.25) is 0 Å². The summed E-state index contributed by atoms with van der Waals surface area (Å²) >= 11 is 0. The van der Waals surface area contributed by atoms with Crippen molar-refractivity contribution in [3.05, 3.63) is 0 Å². The van der Waals surface area contributed by atoms with Gasteiger partial charge < -0.3 is 5.73 Å². The average Bonchev–Trinajstić information content (AvgIpc) is 2.30. The molecule has 17 heavy (non-hydrogen) atoms. The zero-order valence-electron chi connectivity index (χ0n) is 12.7. The fraction of sp³-hybridized carbons (Fsp3) is 1.00. The van der Waals surface area contributed by atoms with Crippen molar-refractivity contribution in [1.82, 2.24) is 0 Å². The van der Waals surface area contributed by atoms with E-state index in [9.17, 15) is 0 Å². The van der Waals surface area contributed by atoms with E-state index in [1.165, 1.54) is 57.8 Å². The first kappa shape index (κ1) is 17.0. The minimum absolute atomic E-state index is 0.439. The van der Waals surface area contributed by atoms with Gasteiger partial charge in [0.15, 0.2) is 0 Å². The van der Waals surface area contributed by atoms with E-state index in [4.69, 9.17) is 5.73 Å². The van der Waals surface area contributed by atoms with Crippen molar-refractivity contribution in [2.75, 3.05) is 0 Å². The van der Waals surface area contributed by atoms with Crippen LogP contribution < -0.4 is 5.73 Å². The Kier molecular flexibility index (Phi) is 11.0. The molecule has 0 bridgehead atoms. The van der Waals surface area contributed by atoms with Crippen LogP contribution in [0.15, 0.2) is 0 Å². The van der Waals surface area contributed by atoms with E-state index in [1.54, 1.807) is 0 Å². The van der Waals surface area contributed by atoms with Gasteiger partial charge in [-0.2, -0.15) is 0 Å². The zero-order chi connectivity index (χ0) is 13.1. The van der Waals surface area contributed by atoms with Crippen LogP contribution in [0.25, 0.3) is 0 Å². The van der Waals surface area contributed by atoms with Crippen LogP contribution in [-0.4, -0.2) is 6.04 Å². The lowest BCUT2D eigenvalue weighted by Crippen LogP contribution is -2.34. The Morgan fingerprint density at radius 1 is 0.765 bits per heavy atom. The van der Waals surface area contributed by atoms with E-state index in [0.29, 0.717) is 6.04 Å². The molecule has 0 aliphatic carbocycles. The van der Waals surface area contributed by atoms with Crippen molar-refractivity contribution < 1.29 is 0 Å². The van der Waals surface area contributed by atoms with Gasteiger partial charge in [0.1, 0.15) is 0 Å². The normalized spacial score (nSPS) is 16.8. The fourth-order valence-electron chi connectivity index (χ4n) is 2.87. The maximum Gasteiger partial charge on any atom is 0.00697 e. The predicted molar refractivity (Wildman–Crippen MR) is 79.2 cm³/mol. The summed E-state index contributed by atoms with van der Waals surface area (Å²) in [6.45, 7) is 9.24. The molecule has 0 aliphatic rings. The van der Waals surface area contributed by atoms with Gasteiger partial charge >= 0.3 is 0 Å². The first-order chi connectivity index (χ1) is 8.17. The molecule has 0 rings (SSSR count). The second-order valence-corrected chi connectivity index (χ2v) is 5.73. The van der Waals surface area contributed by atoms with Gasteiger partial charge in [-0.3, -0.25) is 0 Å². The van der Waals surface area contributed by atoms with E-state index in [2.05, 4.69) is 27.7 Å². The molecule has 104 valence electrons. The van der Waals surface area contributed by atoms with E-state index in [1.807, 2.05) is 0 Å². The topological polar surface area (TPSA) is 26.0 Å². The molecule has 0 spiro atoms. The summed E-state index contributed by atoms with van der Waals surface area (Å²) in [6, 6.07) is 0.439. The van der Waals surface area contributed by atoms with E-state index in [0.717, 1.165) is 11.8 Å².